The van der Waals surface area contributed by atoms with E-state index in [4.69, 9.17) is 0 Å². The number of aryl methyl sites for hydroxylation is 1. The van der Waals surface area contributed by atoms with E-state index in [2.05, 4.69) is 22.3 Å². The minimum absolute atomic E-state index is 0.731. The van der Waals surface area contributed by atoms with Gasteiger partial charge >= 0.3 is 0 Å². The molecule has 2 rings (SSSR count). The van der Waals surface area contributed by atoms with Gasteiger partial charge in [-0.05, 0) is 19.3 Å². The van der Waals surface area contributed by atoms with E-state index in [0.717, 1.165) is 25.0 Å². The van der Waals surface area contributed by atoms with Crippen LogP contribution in [-0.4, -0.2) is 20.8 Å². The molecule has 0 radical (unpaired) electrons. The monoisotopic (exact) mass is 278 g/mol. The largest absolute Gasteiger partial charge is 0.307 e. The minimum atomic E-state index is 0.731. The molecule has 0 saturated heterocycles. The van der Waals surface area contributed by atoms with E-state index in [9.17, 15) is 0 Å². The van der Waals surface area contributed by atoms with Crippen molar-refractivity contribution in [3.63, 3.8) is 0 Å². The van der Waals surface area contributed by atoms with Crippen molar-refractivity contribution >= 4 is 0 Å². The van der Waals surface area contributed by atoms with Crippen LogP contribution in [-0.2, 0) is 13.1 Å². The van der Waals surface area contributed by atoms with E-state index in [1.807, 2.05) is 11.0 Å². The van der Waals surface area contributed by atoms with E-state index in [-0.39, 0.29) is 0 Å². The highest BCUT2D eigenvalue weighted by Gasteiger charge is 2.20. The van der Waals surface area contributed by atoms with Gasteiger partial charge in [-0.2, -0.15) is 5.10 Å². The summed E-state index contributed by atoms with van der Waals surface area (Å²) in [4.78, 5) is 4.35. The van der Waals surface area contributed by atoms with Crippen molar-refractivity contribution in [1.29, 1.82) is 0 Å². The normalized spacial score (nSPS) is 14.8. The fraction of sp³-hybridized carbons (Fsp3) is 0.875. The second-order valence-electron chi connectivity index (χ2n) is 6.05. The minimum Gasteiger partial charge on any atom is -0.307 e. The third-order valence-electron chi connectivity index (χ3n) is 3.95. The standard InChI is InChI=1S/C16H30N4/c1-2-3-4-5-6-7-8-9-12-20-14-18-16(19-20)13-17-15-10-11-15/h14-15,17H,2-13H2,1H3. The van der Waals surface area contributed by atoms with Crippen molar-refractivity contribution in [2.45, 2.75) is 90.3 Å². The van der Waals surface area contributed by atoms with Gasteiger partial charge in [0, 0.05) is 12.6 Å². The maximum Gasteiger partial charge on any atom is 0.164 e. The van der Waals surface area contributed by atoms with Crippen LogP contribution in [0, 0.1) is 0 Å². The first-order valence-electron chi connectivity index (χ1n) is 8.50. The van der Waals surface area contributed by atoms with Crippen molar-refractivity contribution in [2.75, 3.05) is 0 Å². The van der Waals surface area contributed by atoms with Crippen LogP contribution in [0.5, 0.6) is 0 Å². The van der Waals surface area contributed by atoms with E-state index >= 15 is 0 Å². The van der Waals surface area contributed by atoms with Crippen LogP contribution >= 0.6 is 0 Å². The second-order valence-corrected chi connectivity index (χ2v) is 6.05. The first kappa shape index (κ1) is 15.5. The Morgan fingerprint density at radius 1 is 1.10 bits per heavy atom. The van der Waals surface area contributed by atoms with Gasteiger partial charge in [-0.3, -0.25) is 4.68 Å². The van der Waals surface area contributed by atoms with Gasteiger partial charge in [0.2, 0.25) is 0 Å². The van der Waals surface area contributed by atoms with Crippen LogP contribution in [0.15, 0.2) is 6.33 Å². The number of hydrogen-bond donors (Lipinski definition) is 1. The number of unbranched alkanes of at least 4 members (excludes halogenated alkanes) is 7. The van der Waals surface area contributed by atoms with Crippen LogP contribution < -0.4 is 5.32 Å². The number of nitrogens with zero attached hydrogens (tertiary/aromatic N) is 3. The van der Waals surface area contributed by atoms with Gasteiger partial charge in [-0.1, -0.05) is 51.9 Å². The first-order chi connectivity index (χ1) is 9.88. The van der Waals surface area contributed by atoms with Crippen molar-refractivity contribution in [3.8, 4) is 0 Å². The average molecular weight is 278 g/mol. The molecule has 0 amide bonds. The van der Waals surface area contributed by atoms with Gasteiger partial charge in [0.05, 0.1) is 6.54 Å². The van der Waals surface area contributed by atoms with Crippen LogP contribution in [0.25, 0.3) is 0 Å². The molecule has 114 valence electrons. The summed E-state index contributed by atoms with van der Waals surface area (Å²) in [5, 5.41) is 7.96. The summed E-state index contributed by atoms with van der Waals surface area (Å²) in [5.74, 6) is 0.941. The summed E-state index contributed by atoms with van der Waals surface area (Å²) in [6.07, 6.45) is 15.4. The molecule has 4 heteroatoms. The Morgan fingerprint density at radius 3 is 2.50 bits per heavy atom. The van der Waals surface area contributed by atoms with Crippen molar-refractivity contribution in [2.24, 2.45) is 0 Å². The Hall–Kier alpha value is -0.900. The van der Waals surface area contributed by atoms with Gasteiger partial charge < -0.3 is 5.32 Å². The highest BCUT2D eigenvalue weighted by atomic mass is 15.3. The van der Waals surface area contributed by atoms with E-state index in [0.29, 0.717) is 0 Å². The lowest BCUT2D eigenvalue weighted by Crippen LogP contribution is -2.16. The lowest BCUT2D eigenvalue weighted by Gasteiger charge is -2.02. The molecule has 1 aromatic heterocycles. The third-order valence-corrected chi connectivity index (χ3v) is 3.95. The fourth-order valence-corrected chi connectivity index (χ4v) is 2.45. The predicted molar refractivity (Wildman–Crippen MR) is 82.5 cm³/mol. The van der Waals surface area contributed by atoms with Gasteiger partial charge in [-0.25, -0.2) is 4.98 Å². The first-order valence-corrected chi connectivity index (χ1v) is 8.50. The Balaban J connectivity index is 1.46. The summed E-state index contributed by atoms with van der Waals surface area (Å²) < 4.78 is 2.00. The molecule has 0 unspecified atom stereocenters. The molecule has 0 aromatic carbocycles. The molecule has 0 aliphatic heterocycles. The van der Waals surface area contributed by atoms with Crippen LogP contribution in [0.4, 0.5) is 0 Å². The smallest absolute Gasteiger partial charge is 0.164 e. The molecular weight excluding hydrogens is 248 g/mol. The molecule has 4 nitrogen and oxygen atoms in total. The molecule has 1 saturated carbocycles. The van der Waals surface area contributed by atoms with Crippen LogP contribution in [0.2, 0.25) is 0 Å². The number of hydrogen-bond acceptors (Lipinski definition) is 3. The quantitative estimate of drug-likeness (QED) is 0.593. The van der Waals surface area contributed by atoms with Crippen molar-refractivity contribution in [3.05, 3.63) is 12.2 Å². The molecule has 1 fully saturated rings. The van der Waals surface area contributed by atoms with Crippen molar-refractivity contribution < 1.29 is 0 Å². The maximum atomic E-state index is 4.51. The summed E-state index contributed by atoms with van der Waals surface area (Å²) in [7, 11) is 0. The lowest BCUT2D eigenvalue weighted by atomic mass is 10.1. The molecule has 0 bridgehead atoms. The molecule has 1 N–H and O–H groups in total. The fourth-order valence-electron chi connectivity index (χ4n) is 2.45. The molecule has 1 heterocycles. The van der Waals surface area contributed by atoms with Gasteiger partial charge in [0.1, 0.15) is 6.33 Å². The molecular formula is C16H30N4. The Kier molecular flexibility index (Phi) is 7.06. The highest BCUT2D eigenvalue weighted by molar-refractivity contribution is 4.86. The summed E-state index contributed by atoms with van der Waals surface area (Å²) in [6, 6.07) is 0.731. The molecule has 1 aromatic rings. The van der Waals surface area contributed by atoms with Crippen LogP contribution in [0.3, 0.4) is 0 Å². The van der Waals surface area contributed by atoms with Gasteiger partial charge in [0.15, 0.2) is 5.82 Å². The Bertz CT molecular complexity index is 357. The number of aromatic nitrogens is 3. The van der Waals surface area contributed by atoms with Gasteiger partial charge in [0.25, 0.3) is 0 Å². The zero-order valence-electron chi connectivity index (χ0n) is 13.0. The zero-order chi connectivity index (χ0) is 14.0. The topological polar surface area (TPSA) is 42.7 Å². The maximum absolute atomic E-state index is 4.51. The SMILES string of the molecule is CCCCCCCCCCn1cnc(CNC2CC2)n1. The zero-order valence-corrected chi connectivity index (χ0v) is 13.0. The molecule has 1 aliphatic rings. The van der Waals surface area contributed by atoms with E-state index in [1.54, 1.807) is 0 Å². The molecule has 1 aliphatic carbocycles. The van der Waals surface area contributed by atoms with Crippen molar-refractivity contribution in [1.82, 2.24) is 20.1 Å². The molecule has 20 heavy (non-hydrogen) atoms. The van der Waals surface area contributed by atoms with E-state index in [1.165, 1.54) is 64.2 Å². The summed E-state index contributed by atoms with van der Waals surface area (Å²) in [6.45, 7) is 4.12. The second kappa shape index (κ2) is 9.11. The van der Waals surface area contributed by atoms with Crippen LogP contribution in [0.1, 0.15) is 77.0 Å². The summed E-state index contributed by atoms with van der Waals surface area (Å²) >= 11 is 0. The molecule has 0 spiro atoms. The predicted octanol–water partition coefficient (Wildman–Crippen LogP) is 3.67. The number of nitrogens with one attached hydrogen (secondary N) is 1. The van der Waals surface area contributed by atoms with E-state index < -0.39 is 0 Å². The molecule has 0 atom stereocenters. The highest BCUT2D eigenvalue weighted by Crippen LogP contribution is 2.18. The number of rotatable bonds is 12. The third kappa shape index (κ3) is 6.51. The summed E-state index contributed by atoms with van der Waals surface area (Å²) in [5.41, 5.74) is 0. The average Bonchev–Trinajstić information content (AvgIpc) is 3.18. The Labute approximate surface area is 123 Å². The van der Waals surface area contributed by atoms with Gasteiger partial charge in [-0.15, -0.1) is 0 Å². The Morgan fingerprint density at radius 2 is 1.80 bits per heavy atom. The lowest BCUT2D eigenvalue weighted by molar-refractivity contribution is 0.514.